The van der Waals surface area contributed by atoms with Crippen LogP contribution < -0.4 is 0 Å². The third kappa shape index (κ3) is 4.26. The van der Waals surface area contributed by atoms with E-state index in [1.54, 1.807) is 0 Å². The van der Waals surface area contributed by atoms with Gasteiger partial charge in [0.1, 0.15) is 11.2 Å². The summed E-state index contributed by atoms with van der Waals surface area (Å²) in [7, 11) is 0. The van der Waals surface area contributed by atoms with E-state index in [0.717, 1.165) is 11.2 Å². The first-order valence-corrected chi connectivity index (χ1v) is 19.6. The van der Waals surface area contributed by atoms with Gasteiger partial charge in [0.2, 0.25) is 0 Å². The van der Waals surface area contributed by atoms with Gasteiger partial charge in [-0.1, -0.05) is 178 Å². The van der Waals surface area contributed by atoms with E-state index < -0.39 is 0 Å². The van der Waals surface area contributed by atoms with Crippen molar-refractivity contribution >= 4 is 65.0 Å². The van der Waals surface area contributed by atoms with E-state index in [-0.39, 0.29) is 5.41 Å². The molecule has 1 aromatic heterocycles. The van der Waals surface area contributed by atoms with E-state index in [4.69, 9.17) is 4.42 Å². The minimum atomic E-state index is -0.230. The average Bonchev–Trinajstić information content (AvgIpc) is 3.74. The van der Waals surface area contributed by atoms with E-state index in [0.29, 0.717) is 0 Å². The maximum atomic E-state index is 7.05. The zero-order chi connectivity index (χ0) is 37.1. The van der Waals surface area contributed by atoms with Crippen LogP contribution in [-0.4, -0.2) is 0 Å². The van der Waals surface area contributed by atoms with Crippen LogP contribution in [0, 0.1) is 0 Å². The lowest BCUT2D eigenvalue weighted by molar-refractivity contribution is 0.650. The lowest BCUT2D eigenvalue weighted by Crippen LogP contribution is -2.16. The summed E-state index contributed by atoms with van der Waals surface area (Å²) in [6, 6.07) is 67.0. The molecule has 11 aromatic rings. The van der Waals surface area contributed by atoms with Crippen LogP contribution in [0.1, 0.15) is 25.0 Å². The van der Waals surface area contributed by atoms with E-state index in [1.165, 1.54) is 109 Å². The highest BCUT2D eigenvalue weighted by Crippen LogP contribution is 2.56. The van der Waals surface area contributed by atoms with Crippen molar-refractivity contribution < 1.29 is 4.42 Å². The Hall–Kier alpha value is -6.96. The lowest BCUT2D eigenvalue weighted by atomic mass is 9.78. The molecule has 0 fully saturated rings. The van der Waals surface area contributed by atoms with Crippen LogP contribution in [0.3, 0.4) is 0 Å². The standard InChI is InChI=1S/C55H36O/c1-55(2)47-28-12-11-22-39(47)45-32-46-52-38-21-6-4-16-34(38)29-30-48(52)56-54(46)50(53(45)55)36-19-13-18-35(31-36)49-41-23-7-9-25-43(41)51(44-26-10-8-24-42(44)49)40-27-14-17-33-15-3-5-20-37(33)40/h3-32H,1-2H3. The summed E-state index contributed by atoms with van der Waals surface area (Å²) < 4.78 is 7.05. The van der Waals surface area contributed by atoms with Crippen molar-refractivity contribution in [3.8, 4) is 44.5 Å². The van der Waals surface area contributed by atoms with Crippen molar-refractivity contribution in [3.05, 3.63) is 193 Å². The molecule has 1 aliphatic rings. The van der Waals surface area contributed by atoms with Crippen LogP contribution in [0.25, 0.3) is 110 Å². The van der Waals surface area contributed by atoms with Crippen LogP contribution in [0.2, 0.25) is 0 Å². The Bertz CT molecular complexity index is 3390. The summed E-state index contributed by atoms with van der Waals surface area (Å²) in [6.45, 7) is 4.75. The molecule has 0 bridgehead atoms. The Morgan fingerprint density at radius 1 is 0.375 bits per heavy atom. The van der Waals surface area contributed by atoms with Gasteiger partial charge >= 0.3 is 0 Å². The Kier molecular flexibility index (Phi) is 6.46. The molecule has 1 aliphatic carbocycles. The van der Waals surface area contributed by atoms with Crippen molar-refractivity contribution in [1.29, 1.82) is 0 Å². The number of benzene rings is 10. The molecule has 1 nitrogen and oxygen atoms in total. The first-order chi connectivity index (χ1) is 27.6. The van der Waals surface area contributed by atoms with Gasteiger partial charge in [-0.05, 0) is 111 Å². The zero-order valence-corrected chi connectivity index (χ0v) is 31.2. The maximum absolute atomic E-state index is 7.05. The highest BCUT2D eigenvalue weighted by Gasteiger charge is 2.39. The van der Waals surface area contributed by atoms with Crippen molar-refractivity contribution in [3.63, 3.8) is 0 Å². The van der Waals surface area contributed by atoms with Gasteiger partial charge in [0, 0.05) is 21.8 Å². The normalized spacial score (nSPS) is 13.3. The van der Waals surface area contributed by atoms with Crippen LogP contribution in [0.15, 0.2) is 186 Å². The number of rotatable bonds is 3. The average molecular weight is 713 g/mol. The second kappa shape index (κ2) is 11.5. The van der Waals surface area contributed by atoms with Crippen LogP contribution in [-0.2, 0) is 5.41 Å². The molecule has 1 heterocycles. The van der Waals surface area contributed by atoms with Crippen LogP contribution >= 0.6 is 0 Å². The number of furan rings is 1. The molecule has 262 valence electrons. The summed E-state index contributed by atoms with van der Waals surface area (Å²) in [6.07, 6.45) is 0. The highest BCUT2D eigenvalue weighted by atomic mass is 16.3. The number of hydrogen-bond acceptors (Lipinski definition) is 1. The van der Waals surface area contributed by atoms with Gasteiger partial charge in [0.25, 0.3) is 0 Å². The molecule has 56 heavy (non-hydrogen) atoms. The second-order valence-electron chi connectivity index (χ2n) is 15.9. The Morgan fingerprint density at radius 2 is 0.911 bits per heavy atom. The van der Waals surface area contributed by atoms with Crippen molar-refractivity contribution in [2.24, 2.45) is 0 Å². The van der Waals surface area contributed by atoms with Gasteiger partial charge < -0.3 is 4.42 Å². The first-order valence-electron chi connectivity index (χ1n) is 19.6. The summed E-state index contributed by atoms with van der Waals surface area (Å²) >= 11 is 0. The molecule has 0 amide bonds. The Morgan fingerprint density at radius 3 is 1.64 bits per heavy atom. The minimum Gasteiger partial charge on any atom is -0.455 e. The first kappa shape index (κ1) is 31.4. The van der Waals surface area contributed by atoms with E-state index >= 15 is 0 Å². The topological polar surface area (TPSA) is 13.1 Å². The summed E-state index contributed by atoms with van der Waals surface area (Å²) in [5.41, 5.74) is 14.3. The smallest absolute Gasteiger partial charge is 0.143 e. The zero-order valence-electron chi connectivity index (χ0n) is 31.2. The fourth-order valence-electron chi connectivity index (χ4n) is 10.2. The second-order valence-corrected chi connectivity index (χ2v) is 15.9. The van der Waals surface area contributed by atoms with E-state index in [9.17, 15) is 0 Å². The van der Waals surface area contributed by atoms with Gasteiger partial charge in [-0.15, -0.1) is 0 Å². The predicted molar refractivity (Wildman–Crippen MR) is 238 cm³/mol. The van der Waals surface area contributed by atoms with E-state index in [2.05, 4.69) is 196 Å². The van der Waals surface area contributed by atoms with Crippen molar-refractivity contribution in [2.45, 2.75) is 19.3 Å². The molecule has 0 radical (unpaired) electrons. The molecule has 0 unspecified atom stereocenters. The molecule has 0 atom stereocenters. The largest absolute Gasteiger partial charge is 0.455 e. The number of fused-ring (bicyclic) bond motifs is 11. The van der Waals surface area contributed by atoms with Crippen molar-refractivity contribution in [1.82, 2.24) is 0 Å². The third-order valence-electron chi connectivity index (χ3n) is 12.6. The minimum absolute atomic E-state index is 0.230. The molecule has 12 rings (SSSR count). The summed E-state index contributed by atoms with van der Waals surface area (Å²) in [4.78, 5) is 0. The molecule has 0 saturated carbocycles. The predicted octanol–water partition coefficient (Wildman–Crippen LogP) is 15.5. The molecule has 1 heteroatoms. The lowest BCUT2D eigenvalue weighted by Gasteiger charge is -2.25. The summed E-state index contributed by atoms with van der Waals surface area (Å²) in [5, 5.41) is 12.3. The SMILES string of the molecule is CC1(C)c2ccccc2-c2cc3c(oc4ccc5ccccc5c43)c(-c3cccc(-c4c5ccccc5c(-c5cccc6ccccc56)c5ccccc45)c3)c21. The highest BCUT2D eigenvalue weighted by molar-refractivity contribution is 6.25. The molecular formula is C55H36O. The van der Waals surface area contributed by atoms with Gasteiger partial charge in [-0.3, -0.25) is 0 Å². The fourth-order valence-corrected chi connectivity index (χ4v) is 10.2. The molecule has 0 saturated heterocycles. The van der Waals surface area contributed by atoms with Crippen LogP contribution in [0.4, 0.5) is 0 Å². The molecule has 0 aliphatic heterocycles. The van der Waals surface area contributed by atoms with Gasteiger partial charge in [-0.25, -0.2) is 0 Å². The summed E-state index contributed by atoms with van der Waals surface area (Å²) in [5.74, 6) is 0. The third-order valence-corrected chi connectivity index (χ3v) is 12.6. The van der Waals surface area contributed by atoms with Gasteiger partial charge in [0.15, 0.2) is 0 Å². The molecule has 0 N–H and O–H groups in total. The quantitative estimate of drug-likeness (QED) is 0.166. The monoisotopic (exact) mass is 712 g/mol. The van der Waals surface area contributed by atoms with Gasteiger partial charge in [0.05, 0.1) is 0 Å². The molecule has 0 spiro atoms. The fraction of sp³-hybridized carbons (Fsp3) is 0.0545. The van der Waals surface area contributed by atoms with E-state index in [1.807, 2.05) is 0 Å². The molecule has 10 aromatic carbocycles. The Labute approximate surface area is 325 Å². The molecular weight excluding hydrogens is 677 g/mol. The number of hydrogen-bond donors (Lipinski definition) is 0. The Balaban J connectivity index is 1.18. The van der Waals surface area contributed by atoms with Crippen LogP contribution in [0.5, 0.6) is 0 Å². The van der Waals surface area contributed by atoms with Crippen molar-refractivity contribution in [2.75, 3.05) is 0 Å². The van der Waals surface area contributed by atoms with Gasteiger partial charge in [-0.2, -0.15) is 0 Å². The maximum Gasteiger partial charge on any atom is 0.143 e.